The summed E-state index contributed by atoms with van der Waals surface area (Å²) in [4.78, 5) is 43.4. The molecule has 4 rings (SSSR count). The molecule has 0 bridgehead atoms. The topological polar surface area (TPSA) is 114 Å². The highest BCUT2D eigenvalue weighted by atomic mass is 32.2. The molecule has 316 valence electrons. The number of fused-ring (bicyclic) bond motifs is 1. The van der Waals surface area contributed by atoms with Gasteiger partial charge < -0.3 is 24.3 Å². The van der Waals surface area contributed by atoms with Crippen molar-refractivity contribution in [3.8, 4) is 11.5 Å². The van der Waals surface area contributed by atoms with Gasteiger partial charge in [0, 0.05) is 31.0 Å². The van der Waals surface area contributed by atoms with E-state index in [9.17, 15) is 19.5 Å². The van der Waals surface area contributed by atoms with E-state index >= 15 is 0 Å². The van der Waals surface area contributed by atoms with Crippen LogP contribution in [0.4, 0.5) is 4.79 Å². The van der Waals surface area contributed by atoms with E-state index in [0.29, 0.717) is 22.8 Å². The van der Waals surface area contributed by atoms with Crippen LogP contribution >= 0.6 is 11.8 Å². The number of allylic oxidation sites excluding steroid dienone is 4. The molecular formula is C45H70N2O7SSi2. The van der Waals surface area contributed by atoms with Crippen LogP contribution in [0.3, 0.4) is 0 Å². The molecule has 1 aliphatic carbocycles. The third-order valence-corrected chi connectivity index (χ3v) is 20.1. The summed E-state index contributed by atoms with van der Waals surface area (Å²) >= 11 is 1.46. The summed E-state index contributed by atoms with van der Waals surface area (Å²) in [5.41, 5.74) is 3.17. The Morgan fingerprint density at radius 3 is 2.47 bits per heavy atom. The molecule has 0 spiro atoms. The van der Waals surface area contributed by atoms with Gasteiger partial charge in [-0.2, -0.15) is 0 Å². The minimum Gasteiger partial charge on any atom is -0.507 e. The summed E-state index contributed by atoms with van der Waals surface area (Å²) in [5.74, 6) is -0.268. The van der Waals surface area contributed by atoms with Gasteiger partial charge in [0.25, 0.3) is 0 Å². The van der Waals surface area contributed by atoms with Gasteiger partial charge in [0.2, 0.25) is 5.91 Å². The van der Waals surface area contributed by atoms with Gasteiger partial charge in [0.15, 0.2) is 8.32 Å². The van der Waals surface area contributed by atoms with Gasteiger partial charge in [-0.05, 0) is 107 Å². The Morgan fingerprint density at radius 2 is 1.86 bits per heavy atom. The highest BCUT2D eigenvalue weighted by Gasteiger charge is 2.67. The quantitative estimate of drug-likeness (QED) is 0.0524. The number of hydrogen-bond acceptors (Lipinski definition) is 8. The van der Waals surface area contributed by atoms with E-state index in [4.69, 9.17) is 13.9 Å². The van der Waals surface area contributed by atoms with E-state index in [1.54, 1.807) is 17.1 Å². The number of aromatic hydroxyl groups is 1. The predicted octanol–water partition coefficient (Wildman–Crippen LogP) is 11.2. The number of benzene rings is 1. The SMILES string of the molecule is C=C(C)[C@@H]1CCC(C)=C[C@H]1c1c(O)cc(CCCCC)cc1OC(=O)NC/C=C/C1=C(C(=O)OCC[Si](C)(C)C)N2C(=O)[C@](C)([C@@H](C)O[Si](C)(C)C(C)(C)C)[C@H]2S1. The minimum atomic E-state index is -2.20. The van der Waals surface area contributed by atoms with Crippen LogP contribution in [0.15, 0.2) is 58.7 Å². The average molecular weight is 839 g/mol. The van der Waals surface area contributed by atoms with Gasteiger partial charge in [0.05, 0.1) is 12.7 Å². The number of esters is 1. The maximum Gasteiger partial charge on any atom is 0.412 e. The second kappa shape index (κ2) is 18.5. The first-order valence-corrected chi connectivity index (χ1v) is 28.3. The number of ether oxygens (including phenoxy) is 2. The Hall–Kier alpha value is -3.07. The van der Waals surface area contributed by atoms with Gasteiger partial charge in [0.1, 0.15) is 28.0 Å². The second-order valence-corrected chi connectivity index (χ2v) is 30.8. The third kappa shape index (κ3) is 10.8. The number of carbonyl (C=O) groups is 3. The molecule has 2 N–H and O–H groups in total. The fourth-order valence-corrected chi connectivity index (χ4v) is 11.2. The lowest BCUT2D eigenvalue weighted by molar-refractivity contribution is -0.170. The highest BCUT2D eigenvalue weighted by Crippen LogP contribution is 2.58. The molecule has 0 aromatic heterocycles. The Kier molecular flexibility index (Phi) is 15.1. The molecule has 12 heteroatoms. The maximum atomic E-state index is 14.1. The smallest absolute Gasteiger partial charge is 0.412 e. The number of β-lactam (4-membered cyclic amide) rings is 1. The summed E-state index contributed by atoms with van der Waals surface area (Å²) in [6.45, 7) is 32.4. The van der Waals surface area contributed by atoms with Crippen LogP contribution in [0.2, 0.25) is 43.8 Å². The first kappa shape index (κ1) is 46.6. The number of carbonyl (C=O) groups excluding carboxylic acids is 3. The molecule has 1 aromatic carbocycles. The Labute approximate surface area is 349 Å². The molecule has 2 amide bonds. The van der Waals surface area contributed by atoms with E-state index in [-0.39, 0.29) is 52.3 Å². The fraction of sp³-hybridized carbons (Fsp3) is 0.622. The van der Waals surface area contributed by atoms with Gasteiger partial charge in [-0.1, -0.05) is 102 Å². The number of thioether (sulfide) groups is 1. The second-order valence-electron chi connectivity index (χ2n) is 19.3. The molecule has 5 atom stereocenters. The standard InChI is InChI=1S/C45H70N2O7SSi2/c1-15-16-17-19-32-27-35(48)38(34-26-30(4)21-22-33(34)29(2)3)36(28-32)53-43(51)46-23-18-20-37-39(40(49)52-24-25-56(10,11)12)47-41(50)45(9,42(47)55-37)31(5)54-57(13,14)44(6,7)8/h18,20,26-28,31,33-34,42,48H,2,15-17,19,21-25H2,1,3-14H3,(H,46,51)/b20-18+/t31-,33+,34-,42-,45+/m1/s1. The van der Waals surface area contributed by atoms with Crippen LogP contribution in [0, 0.1) is 11.3 Å². The van der Waals surface area contributed by atoms with Gasteiger partial charge in [-0.15, -0.1) is 0 Å². The number of amides is 2. The van der Waals surface area contributed by atoms with E-state index in [2.05, 4.69) is 85.3 Å². The molecule has 0 unspecified atom stereocenters. The molecular weight excluding hydrogens is 769 g/mol. The van der Waals surface area contributed by atoms with Crippen molar-refractivity contribution in [2.45, 2.75) is 155 Å². The number of phenolic OH excluding ortho intramolecular Hbond substituents is 1. The van der Waals surface area contributed by atoms with Crippen LogP contribution in [0.1, 0.15) is 105 Å². The van der Waals surface area contributed by atoms with Crippen molar-refractivity contribution < 1.29 is 33.4 Å². The fourth-order valence-electron chi connectivity index (χ4n) is 7.47. The van der Waals surface area contributed by atoms with Gasteiger partial charge >= 0.3 is 12.1 Å². The maximum absolute atomic E-state index is 14.1. The van der Waals surface area contributed by atoms with Crippen molar-refractivity contribution >= 4 is 46.1 Å². The van der Waals surface area contributed by atoms with E-state index in [1.807, 2.05) is 32.9 Å². The lowest BCUT2D eigenvalue weighted by Crippen LogP contribution is -2.69. The summed E-state index contributed by atoms with van der Waals surface area (Å²) in [6, 6.07) is 4.52. The van der Waals surface area contributed by atoms with Crippen LogP contribution in [0.25, 0.3) is 0 Å². The normalized spacial score (nSPS) is 23.2. The molecule has 57 heavy (non-hydrogen) atoms. The molecule has 2 heterocycles. The number of nitrogens with one attached hydrogen (secondary N) is 1. The number of aryl methyl sites for hydroxylation is 1. The molecule has 3 aliphatic rings. The minimum absolute atomic E-state index is 0.0308. The summed E-state index contributed by atoms with van der Waals surface area (Å²) < 4.78 is 18.6. The lowest BCUT2D eigenvalue weighted by atomic mass is 9.73. The number of hydrogen-bond donors (Lipinski definition) is 2. The molecule has 0 radical (unpaired) electrons. The van der Waals surface area contributed by atoms with E-state index < -0.39 is 33.9 Å². The van der Waals surface area contributed by atoms with Gasteiger partial charge in [-0.3, -0.25) is 9.69 Å². The van der Waals surface area contributed by atoms with Crippen molar-refractivity contribution in [1.29, 1.82) is 0 Å². The predicted molar refractivity (Wildman–Crippen MR) is 239 cm³/mol. The molecule has 1 saturated heterocycles. The first-order chi connectivity index (χ1) is 26.4. The lowest BCUT2D eigenvalue weighted by Gasteiger charge is -2.55. The molecule has 2 aliphatic heterocycles. The highest BCUT2D eigenvalue weighted by molar-refractivity contribution is 8.04. The van der Waals surface area contributed by atoms with Gasteiger partial charge in [-0.25, -0.2) is 9.59 Å². The Morgan fingerprint density at radius 1 is 1.18 bits per heavy atom. The summed E-state index contributed by atoms with van der Waals surface area (Å²) in [5, 5.41) is 13.9. The number of nitrogens with zero attached hydrogens (tertiary/aromatic N) is 1. The van der Waals surface area contributed by atoms with E-state index in [0.717, 1.165) is 55.7 Å². The number of unbranched alkanes of at least 4 members (excludes halogenated alkanes) is 2. The zero-order valence-electron chi connectivity index (χ0n) is 37.0. The van der Waals surface area contributed by atoms with Crippen LogP contribution in [-0.2, 0) is 25.2 Å². The monoisotopic (exact) mass is 838 g/mol. The van der Waals surface area contributed by atoms with Crippen molar-refractivity contribution in [3.05, 3.63) is 69.8 Å². The third-order valence-electron chi connectivity index (χ3n) is 12.3. The van der Waals surface area contributed by atoms with Crippen molar-refractivity contribution in [3.63, 3.8) is 0 Å². The van der Waals surface area contributed by atoms with Crippen LogP contribution in [-0.4, -0.2) is 69.0 Å². The molecule has 9 nitrogen and oxygen atoms in total. The zero-order valence-corrected chi connectivity index (χ0v) is 39.8. The molecule has 1 aromatic rings. The van der Waals surface area contributed by atoms with Crippen LogP contribution < -0.4 is 10.1 Å². The summed E-state index contributed by atoms with van der Waals surface area (Å²) in [6.07, 6.45) is 10.4. The average Bonchev–Trinajstić information content (AvgIpc) is 3.45. The molecule has 0 saturated carbocycles. The van der Waals surface area contributed by atoms with Crippen molar-refractivity contribution in [2.24, 2.45) is 11.3 Å². The summed E-state index contributed by atoms with van der Waals surface area (Å²) in [7, 11) is -3.67. The first-order valence-electron chi connectivity index (χ1n) is 20.8. The van der Waals surface area contributed by atoms with Crippen LogP contribution in [0.5, 0.6) is 11.5 Å². The van der Waals surface area contributed by atoms with Crippen molar-refractivity contribution in [1.82, 2.24) is 10.2 Å². The number of rotatable bonds is 17. The zero-order chi connectivity index (χ0) is 42.7. The molecule has 1 fully saturated rings. The Balaban J connectivity index is 1.56. The number of phenols is 1. The van der Waals surface area contributed by atoms with Crippen molar-refractivity contribution in [2.75, 3.05) is 13.2 Å². The Bertz CT molecular complexity index is 1790. The van der Waals surface area contributed by atoms with E-state index in [1.165, 1.54) is 17.3 Å². The largest absolute Gasteiger partial charge is 0.507 e.